The predicted octanol–water partition coefficient (Wildman–Crippen LogP) is 2.99. The van der Waals surface area contributed by atoms with Crippen molar-refractivity contribution in [3.63, 3.8) is 0 Å². The summed E-state index contributed by atoms with van der Waals surface area (Å²) < 4.78 is 0. The fourth-order valence-electron chi connectivity index (χ4n) is 2.38. The Morgan fingerprint density at radius 2 is 2.17 bits per heavy atom. The summed E-state index contributed by atoms with van der Waals surface area (Å²) in [7, 11) is 0. The molecule has 0 spiro atoms. The van der Waals surface area contributed by atoms with Gasteiger partial charge >= 0.3 is 0 Å². The van der Waals surface area contributed by atoms with Crippen LogP contribution in [0.1, 0.15) is 21.7 Å². The minimum atomic E-state index is 0.584. The van der Waals surface area contributed by atoms with Crippen LogP contribution in [0.4, 0.5) is 0 Å². The number of carbonyl (C=O) groups is 1. The zero-order valence-electron chi connectivity index (χ0n) is 10.2. The van der Waals surface area contributed by atoms with E-state index in [4.69, 9.17) is 0 Å². The number of aryl methyl sites for hydroxylation is 2. The molecule has 2 N–H and O–H groups in total. The molecule has 3 rings (SSSR count). The Bertz CT molecular complexity index is 737. The second-order valence-corrected chi connectivity index (χ2v) is 4.44. The maximum absolute atomic E-state index is 10.8. The largest absolute Gasteiger partial charge is 0.358 e. The lowest BCUT2D eigenvalue weighted by Crippen LogP contribution is -1.80. The van der Waals surface area contributed by atoms with Crippen LogP contribution >= 0.6 is 0 Å². The highest BCUT2D eigenvalue weighted by Gasteiger charge is 2.14. The molecule has 0 saturated carbocycles. The molecule has 0 atom stereocenters. The van der Waals surface area contributed by atoms with Crippen LogP contribution in [0.25, 0.3) is 22.2 Å². The molecule has 18 heavy (non-hydrogen) atoms. The lowest BCUT2D eigenvalue weighted by molar-refractivity contribution is 0.111. The minimum Gasteiger partial charge on any atom is -0.358 e. The normalized spacial score (nSPS) is 11.0. The van der Waals surface area contributed by atoms with Crippen LogP contribution in [-0.2, 0) is 0 Å². The lowest BCUT2D eigenvalue weighted by Gasteiger charge is -2.00. The Kier molecular flexibility index (Phi) is 2.30. The zero-order chi connectivity index (χ0) is 12.7. The number of carbonyl (C=O) groups excluding carboxylic acids is 1. The summed E-state index contributed by atoms with van der Waals surface area (Å²) in [5.41, 5.74) is 5.82. The van der Waals surface area contributed by atoms with Gasteiger partial charge in [-0.05, 0) is 31.5 Å². The van der Waals surface area contributed by atoms with Gasteiger partial charge in [-0.2, -0.15) is 0 Å². The van der Waals surface area contributed by atoms with E-state index in [2.05, 4.69) is 21.9 Å². The number of aldehydes is 1. The Morgan fingerprint density at radius 1 is 1.33 bits per heavy atom. The highest BCUT2D eigenvalue weighted by atomic mass is 16.1. The number of aromatic nitrogens is 3. The van der Waals surface area contributed by atoms with Crippen LogP contribution in [0.5, 0.6) is 0 Å². The summed E-state index contributed by atoms with van der Waals surface area (Å²) in [5.74, 6) is 0. The van der Waals surface area contributed by atoms with E-state index in [0.29, 0.717) is 5.69 Å². The smallest absolute Gasteiger partial charge is 0.166 e. The van der Waals surface area contributed by atoms with Gasteiger partial charge in [0.2, 0.25) is 0 Å². The van der Waals surface area contributed by atoms with Crippen molar-refractivity contribution in [3.05, 3.63) is 41.5 Å². The van der Waals surface area contributed by atoms with E-state index in [0.717, 1.165) is 34.1 Å². The van der Waals surface area contributed by atoms with E-state index < -0.39 is 0 Å². The van der Waals surface area contributed by atoms with Crippen molar-refractivity contribution in [3.8, 4) is 11.1 Å². The molecule has 0 aromatic carbocycles. The first-order valence-electron chi connectivity index (χ1n) is 5.78. The van der Waals surface area contributed by atoms with Gasteiger partial charge < -0.3 is 9.97 Å². The first kappa shape index (κ1) is 10.8. The predicted molar refractivity (Wildman–Crippen MR) is 70.7 cm³/mol. The van der Waals surface area contributed by atoms with Gasteiger partial charge in [-0.1, -0.05) is 0 Å². The Balaban J connectivity index is 2.34. The van der Waals surface area contributed by atoms with Crippen molar-refractivity contribution >= 4 is 17.3 Å². The molecule has 0 unspecified atom stereocenters. The summed E-state index contributed by atoms with van der Waals surface area (Å²) in [6.45, 7) is 4.08. The van der Waals surface area contributed by atoms with Crippen LogP contribution in [0, 0.1) is 13.8 Å². The van der Waals surface area contributed by atoms with Crippen molar-refractivity contribution in [2.45, 2.75) is 13.8 Å². The van der Waals surface area contributed by atoms with E-state index in [-0.39, 0.29) is 0 Å². The van der Waals surface area contributed by atoms with Crippen LogP contribution in [0.2, 0.25) is 0 Å². The van der Waals surface area contributed by atoms with Crippen molar-refractivity contribution in [2.24, 2.45) is 0 Å². The molecule has 0 aliphatic rings. The highest BCUT2D eigenvalue weighted by molar-refractivity contribution is 5.98. The summed E-state index contributed by atoms with van der Waals surface area (Å²) >= 11 is 0. The number of pyridine rings is 1. The number of aromatic amines is 2. The summed E-state index contributed by atoms with van der Waals surface area (Å²) in [4.78, 5) is 21.3. The number of nitrogens with one attached hydrogen (secondary N) is 2. The molecule has 0 saturated heterocycles. The molecule has 3 aromatic heterocycles. The molecule has 0 aliphatic carbocycles. The standard InChI is InChI=1S/C14H13N3O/c1-8-3-4-15-14-12(8)13(9(2)17-14)10-5-11(7-18)16-6-10/h3-7,16H,1-2H3,(H,15,17). The first-order chi connectivity index (χ1) is 8.70. The van der Waals surface area contributed by atoms with Gasteiger partial charge in [0, 0.05) is 34.6 Å². The number of rotatable bonds is 2. The number of hydrogen-bond donors (Lipinski definition) is 2. The molecular formula is C14H13N3O. The average Bonchev–Trinajstić information content (AvgIpc) is 2.92. The van der Waals surface area contributed by atoms with Crippen molar-refractivity contribution < 1.29 is 4.79 Å². The Labute approximate surface area is 104 Å². The van der Waals surface area contributed by atoms with Crippen LogP contribution in [0.15, 0.2) is 24.5 Å². The van der Waals surface area contributed by atoms with E-state index >= 15 is 0 Å². The van der Waals surface area contributed by atoms with E-state index in [1.54, 1.807) is 6.20 Å². The molecule has 3 aromatic rings. The van der Waals surface area contributed by atoms with E-state index in [1.165, 1.54) is 5.56 Å². The molecule has 0 amide bonds. The summed E-state index contributed by atoms with van der Waals surface area (Å²) in [6, 6.07) is 3.85. The monoisotopic (exact) mass is 239 g/mol. The van der Waals surface area contributed by atoms with Gasteiger partial charge in [0.05, 0.1) is 5.69 Å². The first-order valence-corrected chi connectivity index (χ1v) is 5.78. The van der Waals surface area contributed by atoms with Crippen LogP contribution < -0.4 is 0 Å². The fraction of sp³-hybridized carbons (Fsp3) is 0.143. The third-order valence-electron chi connectivity index (χ3n) is 3.21. The topological polar surface area (TPSA) is 61.5 Å². The van der Waals surface area contributed by atoms with Gasteiger partial charge in [-0.3, -0.25) is 4.79 Å². The number of fused-ring (bicyclic) bond motifs is 1. The maximum Gasteiger partial charge on any atom is 0.166 e. The average molecular weight is 239 g/mol. The van der Waals surface area contributed by atoms with Gasteiger partial charge in [0.1, 0.15) is 5.65 Å². The fourth-order valence-corrected chi connectivity index (χ4v) is 2.38. The number of nitrogens with zero attached hydrogens (tertiary/aromatic N) is 1. The maximum atomic E-state index is 10.8. The van der Waals surface area contributed by atoms with Gasteiger partial charge in [-0.25, -0.2) is 4.98 Å². The SMILES string of the molecule is Cc1[nH]c2nccc(C)c2c1-c1c[nH]c(C=O)c1. The molecule has 3 heterocycles. The van der Waals surface area contributed by atoms with Crippen molar-refractivity contribution in [1.82, 2.24) is 15.0 Å². The summed E-state index contributed by atoms with van der Waals surface area (Å²) in [5, 5.41) is 1.12. The highest BCUT2D eigenvalue weighted by Crippen LogP contribution is 2.33. The second kappa shape index (κ2) is 3.84. The van der Waals surface area contributed by atoms with Crippen LogP contribution in [0.3, 0.4) is 0 Å². The van der Waals surface area contributed by atoms with Gasteiger partial charge in [0.15, 0.2) is 6.29 Å². The Hall–Kier alpha value is -2.36. The van der Waals surface area contributed by atoms with E-state index in [9.17, 15) is 4.79 Å². The third kappa shape index (κ3) is 1.46. The molecule has 0 aliphatic heterocycles. The van der Waals surface area contributed by atoms with E-state index in [1.807, 2.05) is 25.3 Å². The molecular weight excluding hydrogens is 226 g/mol. The second-order valence-electron chi connectivity index (χ2n) is 4.44. The molecule has 0 bridgehead atoms. The molecule has 0 radical (unpaired) electrons. The van der Waals surface area contributed by atoms with Crippen molar-refractivity contribution in [2.75, 3.05) is 0 Å². The van der Waals surface area contributed by atoms with Crippen LogP contribution in [-0.4, -0.2) is 21.2 Å². The third-order valence-corrected chi connectivity index (χ3v) is 3.21. The molecule has 90 valence electrons. The zero-order valence-corrected chi connectivity index (χ0v) is 10.2. The van der Waals surface area contributed by atoms with Gasteiger partial charge in [0.25, 0.3) is 0 Å². The lowest BCUT2D eigenvalue weighted by atomic mass is 10.0. The molecule has 4 heteroatoms. The molecule has 4 nitrogen and oxygen atoms in total. The quantitative estimate of drug-likeness (QED) is 0.675. The molecule has 0 fully saturated rings. The van der Waals surface area contributed by atoms with Gasteiger partial charge in [-0.15, -0.1) is 0 Å². The number of hydrogen-bond acceptors (Lipinski definition) is 2. The Morgan fingerprint density at radius 3 is 2.89 bits per heavy atom. The summed E-state index contributed by atoms with van der Waals surface area (Å²) in [6.07, 6.45) is 4.47. The number of H-pyrrole nitrogens is 2. The van der Waals surface area contributed by atoms with Crippen molar-refractivity contribution in [1.29, 1.82) is 0 Å². The minimum absolute atomic E-state index is 0.584.